The van der Waals surface area contributed by atoms with Crippen LogP contribution in [0.2, 0.25) is 0 Å². The minimum Gasteiger partial charge on any atom is -0.374 e. The zero-order valence-corrected chi connectivity index (χ0v) is 14.6. The Balaban J connectivity index is 1.36. The number of fused-ring (bicyclic) bond motifs is 2. The van der Waals surface area contributed by atoms with Crippen molar-refractivity contribution in [3.63, 3.8) is 0 Å². The molecule has 2 amide bonds. The summed E-state index contributed by atoms with van der Waals surface area (Å²) < 4.78 is 5.85. The molecule has 134 valence electrons. The van der Waals surface area contributed by atoms with Crippen molar-refractivity contribution in [2.45, 2.75) is 57.1 Å². The molecular formula is C20H26N2O3. The fourth-order valence-corrected chi connectivity index (χ4v) is 4.49. The van der Waals surface area contributed by atoms with Crippen LogP contribution in [-0.2, 0) is 20.7 Å². The molecule has 2 fully saturated rings. The van der Waals surface area contributed by atoms with Gasteiger partial charge in [-0.25, -0.2) is 0 Å². The zero-order chi connectivity index (χ0) is 17.2. The molecule has 0 unspecified atom stereocenters. The summed E-state index contributed by atoms with van der Waals surface area (Å²) in [6.45, 7) is 1.34. The zero-order valence-electron chi connectivity index (χ0n) is 14.6. The average Bonchev–Trinajstić information content (AvgIpc) is 2.65. The Morgan fingerprint density at radius 2 is 2.08 bits per heavy atom. The number of amides is 2. The van der Waals surface area contributed by atoms with Gasteiger partial charge in [0, 0.05) is 24.6 Å². The minimum atomic E-state index is -0.109. The summed E-state index contributed by atoms with van der Waals surface area (Å²) in [6, 6.07) is 8.16. The summed E-state index contributed by atoms with van der Waals surface area (Å²) in [6.07, 6.45) is 6.50. The summed E-state index contributed by atoms with van der Waals surface area (Å²) in [7, 11) is 0. The molecule has 0 radical (unpaired) electrons. The number of carbonyl (C=O) groups excluding carboxylic acids is 2. The Hall–Kier alpha value is -1.88. The Morgan fingerprint density at radius 1 is 1.24 bits per heavy atom. The van der Waals surface area contributed by atoms with Crippen LogP contribution in [0.4, 0.5) is 5.69 Å². The molecule has 2 aliphatic heterocycles. The predicted molar refractivity (Wildman–Crippen MR) is 95.2 cm³/mol. The van der Waals surface area contributed by atoms with Gasteiger partial charge in [0.1, 0.15) is 0 Å². The lowest BCUT2D eigenvalue weighted by atomic mass is 9.88. The van der Waals surface area contributed by atoms with Gasteiger partial charge in [0.2, 0.25) is 11.8 Å². The van der Waals surface area contributed by atoms with Gasteiger partial charge in [-0.05, 0) is 37.3 Å². The Labute approximate surface area is 148 Å². The second kappa shape index (κ2) is 7.16. The van der Waals surface area contributed by atoms with Crippen molar-refractivity contribution in [1.29, 1.82) is 0 Å². The second-order valence-electron chi connectivity index (χ2n) is 7.43. The lowest BCUT2D eigenvalue weighted by Gasteiger charge is -2.44. The molecule has 1 saturated carbocycles. The van der Waals surface area contributed by atoms with Crippen LogP contribution in [-0.4, -0.2) is 42.0 Å². The van der Waals surface area contributed by atoms with Crippen LogP contribution in [0.1, 0.15) is 44.1 Å². The fourth-order valence-electron chi connectivity index (χ4n) is 4.49. The highest BCUT2D eigenvalue weighted by Gasteiger charge is 2.37. The highest BCUT2D eigenvalue weighted by atomic mass is 16.5. The molecule has 2 heterocycles. The van der Waals surface area contributed by atoms with Gasteiger partial charge in [-0.15, -0.1) is 0 Å². The van der Waals surface area contributed by atoms with Gasteiger partial charge in [0.05, 0.1) is 18.8 Å². The summed E-state index contributed by atoms with van der Waals surface area (Å²) in [4.78, 5) is 27.1. The van der Waals surface area contributed by atoms with Crippen LogP contribution in [0, 0.1) is 5.92 Å². The van der Waals surface area contributed by atoms with Gasteiger partial charge < -0.3 is 15.0 Å². The number of ether oxygens (including phenoxy) is 1. The molecule has 1 aromatic carbocycles. The number of nitrogens with zero attached hydrogens (tertiary/aromatic N) is 1. The van der Waals surface area contributed by atoms with Crippen LogP contribution in [0.15, 0.2) is 24.3 Å². The largest absolute Gasteiger partial charge is 0.374 e. The number of hydrogen-bond donors (Lipinski definition) is 1. The summed E-state index contributed by atoms with van der Waals surface area (Å²) in [5.41, 5.74) is 2.08. The van der Waals surface area contributed by atoms with Gasteiger partial charge in [-0.1, -0.05) is 31.0 Å². The molecule has 25 heavy (non-hydrogen) atoms. The third kappa shape index (κ3) is 3.43. The van der Waals surface area contributed by atoms with Crippen LogP contribution < -0.4 is 5.32 Å². The Morgan fingerprint density at radius 3 is 3.00 bits per heavy atom. The molecule has 4 rings (SSSR count). The van der Waals surface area contributed by atoms with E-state index in [0.717, 1.165) is 24.9 Å². The third-order valence-corrected chi connectivity index (χ3v) is 5.87. The van der Waals surface area contributed by atoms with Crippen molar-refractivity contribution in [1.82, 2.24) is 4.90 Å². The van der Waals surface area contributed by atoms with Crippen molar-refractivity contribution in [2.75, 3.05) is 18.5 Å². The number of morpholine rings is 1. The second-order valence-corrected chi connectivity index (χ2v) is 7.43. The molecule has 1 aliphatic carbocycles. The van der Waals surface area contributed by atoms with Crippen molar-refractivity contribution in [2.24, 2.45) is 5.92 Å². The maximum absolute atomic E-state index is 12.8. The van der Waals surface area contributed by atoms with E-state index in [1.165, 1.54) is 18.4 Å². The third-order valence-electron chi connectivity index (χ3n) is 5.87. The van der Waals surface area contributed by atoms with E-state index in [-0.39, 0.29) is 29.9 Å². The molecule has 0 spiro atoms. The molecule has 0 bridgehead atoms. The fraction of sp³-hybridized carbons (Fsp3) is 0.600. The van der Waals surface area contributed by atoms with Gasteiger partial charge in [0.25, 0.3) is 0 Å². The van der Waals surface area contributed by atoms with E-state index in [0.29, 0.717) is 26.0 Å². The number of nitrogens with one attached hydrogen (secondary N) is 1. The van der Waals surface area contributed by atoms with Crippen molar-refractivity contribution in [3.05, 3.63) is 29.8 Å². The minimum absolute atomic E-state index is 0.0454. The van der Waals surface area contributed by atoms with E-state index in [1.807, 2.05) is 23.1 Å². The highest BCUT2D eigenvalue weighted by molar-refractivity contribution is 5.96. The number of carbonyl (C=O) groups is 2. The lowest BCUT2D eigenvalue weighted by Crippen LogP contribution is -2.54. The van der Waals surface area contributed by atoms with E-state index in [1.54, 1.807) is 0 Å². The maximum Gasteiger partial charge on any atom is 0.227 e. The first-order valence-corrected chi connectivity index (χ1v) is 9.52. The molecule has 1 aromatic rings. The highest BCUT2D eigenvalue weighted by Crippen LogP contribution is 2.31. The smallest absolute Gasteiger partial charge is 0.227 e. The van der Waals surface area contributed by atoms with Gasteiger partial charge in [-0.3, -0.25) is 9.59 Å². The van der Waals surface area contributed by atoms with Crippen molar-refractivity contribution >= 4 is 17.5 Å². The van der Waals surface area contributed by atoms with Crippen LogP contribution >= 0.6 is 0 Å². The van der Waals surface area contributed by atoms with Gasteiger partial charge in [-0.2, -0.15) is 0 Å². The molecule has 0 aromatic heterocycles. The van der Waals surface area contributed by atoms with E-state index < -0.39 is 0 Å². The standard InChI is InChI=1S/C20H26N2O3/c23-19(22-11-12-25-18-8-4-3-7-17(18)22)10-9-15-13-14-5-1-2-6-16(14)21-20(15)24/h1-2,5-6,15,17-18H,3-4,7-13H2,(H,21,24)/t15-,17+,18+/m0/s1. The molecule has 1 N–H and O–H groups in total. The molecule has 5 nitrogen and oxygen atoms in total. The van der Waals surface area contributed by atoms with Crippen molar-refractivity contribution in [3.8, 4) is 0 Å². The van der Waals surface area contributed by atoms with Gasteiger partial charge >= 0.3 is 0 Å². The first-order valence-electron chi connectivity index (χ1n) is 9.52. The molecule has 5 heteroatoms. The monoisotopic (exact) mass is 342 g/mol. The number of rotatable bonds is 3. The summed E-state index contributed by atoms with van der Waals surface area (Å²) >= 11 is 0. The topological polar surface area (TPSA) is 58.6 Å². The van der Waals surface area contributed by atoms with E-state index in [4.69, 9.17) is 4.74 Å². The molecule has 3 aliphatic rings. The van der Waals surface area contributed by atoms with E-state index in [9.17, 15) is 9.59 Å². The number of hydrogen-bond acceptors (Lipinski definition) is 3. The summed E-state index contributed by atoms with van der Waals surface area (Å²) in [5, 5.41) is 2.97. The Kier molecular flexibility index (Phi) is 4.75. The number of para-hydroxylation sites is 1. The van der Waals surface area contributed by atoms with E-state index in [2.05, 4.69) is 11.4 Å². The summed E-state index contributed by atoms with van der Waals surface area (Å²) in [5.74, 6) is 0.123. The molecule has 3 atom stereocenters. The van der Waals surface area contributed by atoms with Crippen LogP contribution in [0.5, 0.6) is 0 Å². The molecule has 1 saturated heterocycles. The molecular weight excluding hydrogens is 316 g/mol. The average molecular weight is 342 g/mol. The number of benzene rings is 1. The SMILES string of the molecule is O=C1Nc2ccccc2C[C@@H]1CCC(=O)N1CCO[C@@H]2CCCC[C@H]21. The van der Waals surface area contributed by atoms with Crippen LogP contribution in [0.25, 0.3) is 0 Å². The maximum atomic E-state index is 12.8. The number of anilines is 1. The lowest BCUT2D eigenvalue weighted by molar-refractivity contribution is -0.149. The van der Waals surface area contributed by atoms with E-state index >= 15 is 0 Å². The Bertz CT molecular complexity index is 658. The first kappa shape index (κ1) is 16.6. The normalized spacial score (nSPS) is 28.7. The van der Waals surface area contributed by atoms with Crippen LogP contribution in [0.3, 0.4) is 0 Å². The van der Waals surface area contributed by atoms with Gasteiger partial charge in [0.15, 0.2) is 0 Å². The predicted octanol–water partition coefficient (Wildman–Crippen LogP) is 2.75. The van der Waals surface area contributed by atoms with Crippen molar-refractivity contribution < 1.29 is 14.3 Å². The first-order chi connectivity index (χ1) is 12.2. The quantitative estimate of drug-likeness (QED) is 0.919.